The monoisotopic (exact) mass is 232 g/mol. The largest absolute Gasteiger partial charge is 0.396 e. The molecular formula is C11H16N6. The molecule has 0 bridgehead atoms. The second kappa shape index (κ2) is 4.82. The zero-order chi connectivity index (χ0) is 12.3. The lowest BCUT2D eigenvalue weighted by atomic mass is 10.3. The Hall–Kier alpha value is -2.11. The van der Waals surface area contributed by atoms with E-state index in [1.807, 2.05) is 20.0 Å². The Kier molecular flexibility index (Phi) is 3.22. The van der Waals surface area contributed by atoms with E-state index in [0.29, 0.717) is 18.1 Å². The van der Waals surface area contributed by atoms with Crippen molar-refractivity contribution in [3.05, 3.63) is 30.0 Å². The smallest absolute Gasteiger partial charge is 0.152 e. The zero-order valence-corrected chi connectivity index (χ0v) is 10.0. The lowest BCUT2D eigenvalue weighted by Crippen LogP contribution is -2.09. The fraction of sp³-hybridized carbons (Fsp3) is 0.364. The first-order chi connectivity index (χ1) is 8.15. The van der Waals surface area contributed by atoms with Crippen molar-refractivity contribution in [3.8, 4) is 0 Å². The molecule has 0 radical (unpaired) electrons. The van der Waals surface area contributed by atoms with Crippen LogP contribution in [-0.2, 0) is 13.5 Å². The molecule has 2 rings (SSSR count). The van der Waals surface area contributed by atoms with Crippen molar-refractivity contribution in [3.63, 3.8) is 0 Å². The molecule has 0 saturated carbocycles. The van der Waals surface area contributed by atoms with Gasteiger partial charge in [-0.05, 0) is 18.6 Å². The summed E-state index contributed by atoms with van der Waals surface area (Å²) >= 11 is 0. The number of pyridine rings is 1. The van der Waals surface area contributed by atoms with E-state index in [1.165, 1.54) is 0 Å². The van der Waals surface area contributed by atoms with Crippen molar-refractivity contribution in [1.82, 2.24) is 19.7 Å². The van der Waals surface area contributed by atoms with Gasteiger partial charge in [0.25, 0.3) is 0 Å². The van der Waals surface area contributed by atoms with E-state index in [4.69, 9.17) is 5.73 Å². The number of hydrogen-bond donors (Lipinski definition) is 2. The van der Waals surface area contributed by atoms with Gasteiger partial charge in [-0.2, -0.15) is 5.10 Å². The maximum atomic E-state index is 5.84. The summed E-state index contributed by atoms with van der Waals surface area (Å²) in [5.74, 6) is 1.53. The molecule has 2 aromatic rings. The molecule has 0 aliphatic rings. The van der Waals surface area contributed by atoms with Gasteiger partial charge in [-0.25, -0.2) is 9.97 Å². The Balaban J connectivity index is 1.90. The molecule has 0 fully saturated rings. The van der Waals surface area contributed by atoms with Gasteiger partial charge in [0.1, 0.15) is 12.1 Å². The van der Waals surface area contributed by atoms with Crippen molar-refractivity contribution in [2.24, 2.45) is 7.05 Å². The maximum absolute atomic E-state index is 5.84. The van der Waals surface area contributed by atoms with Crippen molar-refractivity contribution in [1.29, 1.82) is 0 Å². The first kappa shape index (κ1) is 11.4. The van der Waals surface area contributed by atoms with E-state index < -0.39 is 0 Å². The fourth-order valence-corrected chi connectivity index (χ4v) is 1.53. The first-order valence-electron chi connectivity index (χ1n) is 5.45. The van der Waals surface area contributed by atoms with Crippen LogP contribution in [0, 0.1) is 6.92 Å². The van der Waals surface area contributed by atoms with Crippen LogP contribution in [0.25, 0.3) is 0 Å². The Morgan fingerprint density at radius 2 is 2.24 bits per heavy atom. The average Bonchev–Trinajstić information content (AvgIpc) is 2.68. The number of aryl methyl sites for hydroxylation is 2. The number of rotatable bonds is 4. The van der Waals surface area contributed by atoms with Crippen LogP contribution < -0.4 is 11.1 Å². The predicted molar refractivity (Wildman–Crippen MR) is 66.6 cm³/mol. The minimum atomic E-state index is 0.666. The minimum Gasteiger partial charge on any atom is -0.396 e. The second-order valence-electron chi connectivity index (χ2n) is 3.96. The molecule has 0 amide bonds. The quantitative estimate of drug-likeness (QED) is 0.813. The molecule has 0 unspecified atom stereocenters. The molecule has 0 spiro atoms. The molecular weight excluding hydrogens is 216 g/mol. The molecule has 2 aromatic heterocycles. The Morgan fingerprint density at radius 1 is 1.41 bits per heavy atom. The summed E-state index contributed by atoms with van der Waals surface area (Å²) in [7, 11) is 1.85. The predicted octanol–water partition coefficient (Wildman–Crippen LogP) is 0.755. The van der Waals surface area contributed by atoms with Gasteiger partial charge in [-0.1, -0.05) is 0 Å². The molecule has 0 atom stereocenters. The average molecular weight is 232 g/mol. The van der Waals surface area contributed by atoms with Crippen LogP contribution in [0.4, 0.5) is 11.5 Å². The lowest BCUT2D eigenvalue weighted by Gasteiger charge is -2.07. The molecule has 0 aliphatic heterocycles. The fourth-order valence-electron chi connectivity index (χ4n) is 1.53. The van der Waals surface area contributed by atoms with Crippen molar-refractivity contribution in [2.75, 3.05) is 17.6 Å². The number of nitrogens with two attached hydrogens (primary N) is 1. The van der Waals surface area contributed by atoms with Gasteiger partial charge >= 0.3 is 0 Å². The highest BCUT2D eigenvalue weighted by atomic mass is 15.3. The molecule has 3 N–H and O–H groups in total. The molecule has 2 heterocycles. The van der Waals surface area contributed by atoms with Gasteiger partial charge in [0.15, 0.2) is 5.82 Å². The number of hydrogen-bond acceptors (Lipinski definition) is 5. The van der Waals surface area contributed by atoms with Gasteiger partial charge in [-0.3, -0.25) is 4.68 Å². The van der Waals surface area contributed by atoms with E-state index in [0.717, 1.165) is 17.8 Å². The maximum Gasteiger partial charge on any atom is 0.152 e. The topological polar surface area (TPSA) is 81.7 Å². The van der Waals surface area contributed by atoms with Crippen LogP contribution in [0.5, 0.6) is 0 Å². The highest BCUT2D eigenvalue weighted by Crippen LogP contribution is 2.15. The van der Waals surface area contributed by atoms with Gasteiger partial charge in [0, 0.05) is 26.2 Å². The van der Waals surface area contributed by atoms with Gasteiger partial charge in [0.05, 0.1) is 5.69 Å². The molecule has 90 valence electrons. The van der Waals surface area contributed by atoms with Crippen molar-refractivity contribution < 1.29 is 0 Å². The highest BCUT2D eigenvalue weighted by molar-refractivity contribution is 5.61. The molecule has 0 aromatic carbocycles. The van der Waals surface area contributed by atoms with E-state index in [2.05, 4.69) is 20.4 Å². The van der Waals surface area contributed by atoms with Crippen LogP contribution >= 0.6 is 0 Å². The van der Waals surface area contributed by atoms with E-state index in [-0.39, 0.29) is 0 Å². The number of anilines is 2. The Bertz CT molecular complexity index is 504. The number of nitrogens with one attached hydrogen (secondary N) is 1. The number of nitrogens with zero attached hydrogens (tertiary/aromatic N) is 4. The van der Waals surface area contributed by atoms with E-state index in [9.17, 15) is 0 Å². The summed E-state index contributed by atoms with van der Waals surface area (Å²) in [5.41, 5.74) is 7.57. The Labute approximate surface area is 99.9 Å². The molecule has 17 heavy (non-hydrogen) atoms. The van der Waals surface area contributed by atoms with Gasteiger partial charge < -0.3 is 11.1 Å². The number of aromatic nitrogens is 4. The van der Waals surface area contributed by atoms with Crippen LogP contribution in [0.3, 0.4) is 0 Å². The third kappa shape index (κ3) is 2.93. The van der Waals surface area contributed by atoms with Gasteiger partial charge in [-0.15, -0.1) is 0 Å². The molecule has 0 aliphatic carbocycles. The molecule has 0 saturated heterocycles. The van der Waals surface area contributed by atoms with Crippen LogP contribution in [0.15, 0.2) is 18.6 Å². The third-order valence-electron chi connectivity index (χ3n) is 2.34. The first-order valence-corrected chi connectivity index (χ1v) is 5.45. The summed E-state index contributed by atoms with van der Waals surface area (Å²) < 4.78 is 1.69. The number of nitrogen functional groups attached to an aromatic ring is 1. The minimum absolute atomic E-state index is 0.666. The van der Waals surface area contributed by atoms with E-state index in [1.54, 1.807) is 17.2 Å². The Morgan fingerprint density at radius 3 is 2.88 bits per heavy atom. The zero-order valence-electron chi connectivity index (χ0n) is 10.0. The third-order valence-corrected chi connectivity index (χ3v) is 2.34. The summed E-state index contributed by atoms with van der Waals surface area (Å²) in [6.45, 7) is 2.68. The summed E-state index contributed by atoms with van der Waals surface area (Å²) in [5, 5.41) is 7.36. The normalized spacial score (nSPS) is 10.5. The summed E-state index contributed by atoms with van der Waals surface area (Å²) in [6.07, 6.45) is 4.22. The lowest BCUT2D eigenvalue weighted by molar-refractivity contribution is 0.742. The van der Waals surface area contributed by atoms with Crippen LogP contribution in [0.2, 0.25) is 0 Å². The van der Waals surface area contributed by atoms with Crippen molar-refractivity contribution >= 4 is 11.5 Å². The highest BCUT2D eigenvalue weighted by Gasteiger charge is 2.02. The molecule has 6 nitrogen and oxygen atoms in total. The van der Waals surface area contributed by atoms with Crippen LogP contribution in [0.1, 0.15) is 11.4 Å². The summed E-state index contributed by atoms with van der Waals surface area (Å²) in [6, 6.07) is 1.90. The standard InChI is InChI=1S/C11H16N6/c1-8-5-9(12)11(14-6-8)13-4-3-10-15-7-17(2)16-10/h5-7H,3-4,12H2,1-2H3,(H,13,14). The van der Waals surface area contributed by atoms with Gasteiger partial charge in [0.2, 0.25) is 0 Å². The van der Waals surface area contributed by atoms with E-state index >= 15 is 0 Å². The van der Waals surface area contributed by atoms with Crippen molar-refractivity contribution in [2.45, 2.75) is 13.3 Å². The van der Waals surface area contributed by atoms with Crippen LogP contribution in [-0.4, -0.2) is 26.3 Å². The second-order valence-corrected chi connectivity index (χ2v) is 3.96. The molecule has 6 heteroatoms. The summed E-state index contributed by atoms with van der Waals surface area (Å²) in [4.78, 5) is 8.38. The SMILES string of the molecule is Cc1cnc(NCCc2ncn(C)n2)c(N)c1.